The van der Waals surface area contributed by atoms with Gasteiger partial charge in [-0.3, -0.25) is 4.79 Å². The van der Waals surface area contributed by atoms with Gasteiger partial charge >= 0.3 is 0 Å². The van der Waals surface area contributed by atoms with Gasteiger partial charge in [0.05, 0.1) is 6.20 Å². The van der Waals surface area contributed by atoms with Gasteiger partial charge in [-0.1, -0.05) is 0 Å². The Kier molecular flexibility index (Phi) is 7.59. The maximum Gasteiger partial charge on any atom is 0.261 e. The van der Waals surface area contributed by atoms with Crippen LogP contribution in [0.25, 0.3) is 11.9 Å². The summed E-state index contributed by atoms with van der Waals surface area (Å²) < 4.78 is 9.29. The molecule has 2 heterocycles. The van der Waals surface area contributed by atoms with Crippen LogP contribution in [0.5, 0.6) is 0 Å². The van der Waals surface area contributed by atoms with E-state index in [0.717, 1.165) is 22.8 Å². The Morgan fingerprint density at radius 1 is 1.43 bits per heavy atom. The van der Waals surface area contributed by atoms with Crippen LogP contribution in [-0.2, 0) is 9.53 Å². The molecule has 0 aliphatic heterocycles. The molecule has 1 N–H and O–H groups in total. The smallest absolute Gasteiger partial charge is 0.261 e. The molecule has 0 radical (unpaired) electrons. The second-order valence-electron chi connectivity index (χ2n) is 6.87. The van der Waals surface area contributed by atoms with Crippen molar-refractivity contribution >= 4 is 12.0 Å². The number of ether oxygens (including phenoxy) is 1. The van der Waals surface area contributed by atoms with E-state index >= 15 is 0 Å². The lowest BCUT2D eigenvalue weighted by molar-refractivity contribution is -0.117. The van der Waals surface area contributed by atoms with Crippen molar-refractivity contribution in [1.82, 2.24) is 19.7 Å². The van der Waals surface area contributed by atoms with Crippen molar-refractivity contribution in [3.63, 3.8) is 0 Å². The molecule has 2 aromatic heterocycles. The molecule has 0 bridgehead atoms. The second-order valence-corrected chi connectivity index (χ2v) is 6.87. The first-order valence-corrected chi connectivity index (χ1v) is 9.61. The second kappa shape index (κ2) is 9.90. The Morgan fingerprint density at radius 2 is 2.18 bits per heavy atom. The monoisotopic (exact) mass is 383 g/mol. The molecule has 0 unspecified atom stereocenters. The summed E-state index contributed by atoms with van der Waals surface area (Å²) in [5.41, 5.74) is 2.90. The van der Waals surface area contributed by atoms with Crippen LogP contribution < -0.4 is 5.32 Å². The lowest BCUT2D eigenvalue weighted by atomic mass is 10.1. The van der Waals surface area contributed by atoms with Crippen molar-refractivity contribution in [2.45, 2.75) is 47.1 Å². The van der Waals surface area contributed by atoms with Crippen LogP contribution in [0, 0.1) is 25.2 Å². The number of hydrogen-bond acceptors (Lipinski definition) is 4. The lowest BCUT2D eigenvalue weighted by Crippen LogP contribution is -2.26. The quantitative estimate of drug-likeness (QED) is 0.409. The number of carbonyl (C=O) groups is 1. The molecule has 0 aromatic carbocycles. The van der Waals surface area contributed by atoms with E-state index in [0.29, 0.717) is 26.2 Å². The highest BCUT2D eigenvalue weighted by atomic mass is 16.5. The highest BCUT2D eigenvalue weighted by molar-refractivity contribution is 6.01. The number of nitriles is 1. The summed E-state index contributed by atoms with van der Waals surface area (Å²) in [6.07, 6.45) is 4.14. The summed E-state index contributed by atoms with van der Waals surface area (Å²) in [6, 6.07) is 6.18. The minimum atomic E-state index is -0.365. The lowest BCUT2D eigenvalue weighted by Gasteiger charge is -2.15. The van der Waals surface area contributed by atoms with Crippen molar-refractivity contribution in [1.29, 1.82) is 5.26 Å². The average molecular weight is 383 g/mol. The first-order valence-electron chi connectivity index (χ1n) is 9.61. The van der Waals surface area contributed by atoms with Crippen LogP contribution in [0.4, 0.5) is 0 Å². The van der Waals surface area contributed by atoms with Gasteiger partial charge in [-0.25, -0.2) is 4.68 Å². The molecule has 0 saturated carbocycles. The van der Waals surface area contributed by atoms with Crippen LogP contribution >= 0.6 is 0 Å². The number of rotatable bonds is 9. The predicted octanol–water partition coefficient (Wildman–Crippen LogP) is 3.32. The number of aromatic nitrogens is 3. The van der Waals surface area contributed by atoms with E-state index < -0.39 is 0 Å². The zero-order chi connectivity index (χ0) is 20.7. The Balaban J connectivity index is 2.24. The molecule has 150 valence electrons. The molecule has 1 amide bonds. The number of carbonyl (C=O) groups excluding carboxylic acids is 1. The Labute approximate surface area is 166 Å². The summed E-state index contributed by atoms with van der Waals surface area (Å²) >= 11 is 0. The van der Waals surface area contributed by atoms with Gasteiger partial charge in [-0.05, 0) is 58.7 Å². The third-order valence-corrected chi connectivity index (χ3v) is 4.46. The van der Waals surface area contributed by atoms with E-state index in [4.69, 9.17) is 4.74 Å². The molecule has 0 aliphatic carbocycles. The van der Waals surface area contributed by atoms with Gasteiger partial charge in [0, 0.05) is 43.3 Å². The van der Waals surface area contributed by atoms with Crippen LogP contribution in [0.2, 0.25) is 0 Å². The molecule has 2 rings (SSSR count). The van der Waals surface area contributed by atoms with Gasteiger partial charge in [0.2, 0.25) is 0 Å². The van der Waals surface area contributed by atoms with Crippen molar-refractivity contribution < 1.29 is 9.53 Å². The van der Waals surface area contributed by atoms with Crippen LogP contribution in [0.3, 0.4) is 0 Å². The minimum absolute atomic E-state index is 0.0917. The molecule has 2 aromatic rings. The number of aryl methyl sites for hydroxylation is 1. The summed E-state index contributed by atoms with van der Waals surface area (Å²) in [5.74, 6) is 0.597. The van der Waals surface area contributed by atoms with Crippen molar-refractivity contribution in [3.8, 4) is 11.9 Å². The van der Waals surface area contributed by atoms with Gasteiger partial charge in [-0.15, -0.1) is 0 Å². The minimum Gasteiger partial charge on any atom is -0.382 e. The van der Waals surface area contributed by atoms with Gasteiger partial charge < -0.3 is 14.6 Å². The van der Waals surface area contributed by atoms with Crippen LogP contribution in [-0.4, -0.2) is 40.0 Å². The van der Waals surface area contributed by atoms with E-state index in [-0.39, 0.29) is 17.5 Å². The zero-order valence-corrected chi connectivity index (χ0v) is 17.3. The fourth-order valence-corrected chi connectivity index (χ4v) is 3.09. The van der Waals surface area contributed by atoms with Gasteiger partial charge in [0.25, 0.3) is 5.91 Å². The Bertz CT molecular complexity index is 883. The third kappa shape index (κ3) is 4.90. The summed E-state index contributed by atoms with van der Waals surface area (Å²) in [4.78, 5) is 12.3. The first kappa shape index (κ1) is 21.5. The van der Waals surface area contributed by atoms with Crippen molar-refractivity contribution in [2.24, 2.45) is 0 Å². The molecule has 0 saturated heterocycles. The van der Waals surface area contributed by atoms with E-state index in [1.54, 1.807) is 12.3 Å². The fraction of sp³-hybridized carbons (Fsp3) is 0.476. The van der Waals surface area contributed by atoms with Crippen LogP contribution in [0.1, 0.15) is 50.2 Å². The maximum absolute atomic E-state index is 12.3. The normalized spacial score (nSPS) is 11.7. The Hall–Kier alpha value is -2.85. The van der Waals surface area contributed by atoms with Crippen molar-refractivity contribution in [2.75, 3.05) is 19.8 Å². The van der Waals surface area contributed by atoms with E-state index in [1.807, 2.05) is 43.7 Å². The van der Waals surface area contributed by atoms with Gasteiger partial charge in [0.15, 0.2) is 0 Å². The highest BCUT2D eigenvalue weighted by Gasteiger charge is 2.16. The number of nitrogens with one attached hydrogen (secondary N) is 1. The van der Waals surface area contributed by atoms with Crippen molar-refractivity contribution in [3.05, 3.63) is 40.9 Å². The molecular formula is C21H29N5O2. The van der Waals surface area contributed by atoms with Crippen LogP contribution in [0.15, 0.2) is 23.9 Å². The summed E-state index contributed by atoms with van der Waals surface area (Å²) in [5, 5.41) is 16.6. The third-order valence-electron chi connectivity index (χ3n) is 4.46. The van der Waals surface area contributed by atoms with E-state index in [9.17, 15) is 10.1 Å². The van der Waals surface area contributed by atoms with E-state index in [2.05, 4.69) is 28.8 Å². The topological polar surface area (TPSA) is 84.9 Å². The van der Waals surface area contributed by atoms with E-state index in [1.165, 1.54) is 0 Å². The summed E-state index contributed by atoms with van der Waals surface area (Å²) in [6.45, 7) is 11.8. The average Bonchev–Trinajstić information content (AvgIpc) is 3.23. The number of amides is 1. The molecule has 0 atom stereocenters. The van der Waals surface area contributed by atoms with Gasteiger partial charge in [-0.2, -0.15) is 10.4 Å². The Morgan fingerprint density at radius 3 is 2.82 bits per heavy atom. The number of nitrogens with zero attached hydrogens (tertiary/aromatic N) is 4. The molecule has 7 heteroatoms. The first-order chi connectivity index (χ1) is 13.4. The SMILES string of the molecule is CCOCCCNC(=O)/C(C#N)=C/c1cc(C)n(-c2ccnn2C(C)C)c1C. The molecule has 28 heavy (non-hydrogen) atoms. The summed E-state index contributed by atoms with van der Waals surface area (Å²) in [7, 11) is 0. The largest absolute Gasteiger partial charge is 0.382 e. The standard InChI is InChI=1S/C21H29N5O2/c1-6-28-11-7-9-23-21(27)19(14-22)13-18-12-16(4)25(17(18)5)20-8-10-24-26(20)15(2)3/h8,10,12-13,15H,6-7,9,11H2,1-5H3,(H,23,27)/b19-13+. The molecule has 7 nitrogen and oxygen atoms in total. The zero-order valence-electron chi connectivity index (χ0n) is 17.3. The predicted molar refractivity (Wildman–Crippen MR) is 109 cm³/mol. The molecular weight excluding hydrogens is 354 g/mol. The highest BCUT2D eigenvalue weighted by Crippen LogP contribution is 2.24. The van der Waals surface area contributed by atoms with Gasteiger partial charge in [0.1, 0.15) is 17.5 Å². The maximum atomic E-state index is 12.3. The number of hydrogen-bond donors (Lipinski definition) is 1. The molecule has 0 spiro atoms. The molecule has 0 aliphatic rings. The molecule has 0 fully saturated rings. The fourth-order valence-electron chi connectivity index (χ4n) is 3.09.